The van der Waals surface area contributed by atoms with Crippen molar-refractivity contribution < 1.29 is 14.7 Å². The Morgan fingerprint density at radius 2 is 2.00 bits per heavy atom. The van der Waals surface area contributed by atoms with E-state index in [-0.39, 0.29) is 0 Å². The lowest BCUT2D eigenvalue weighted by Gasteiger charge is -2.10. The molecule has 4 heteroatoms. The summed E-state index contributed by atoms with van der Waals surface area (Å²) in [5, 5.41) is 11.0. The number of rotatable bonds is 4. The van der Waals surface area contributed by atoms with Crippen molar-refractivity contribution in [3.05, 3.63) is 35.9 Å². The maximum Gasteiger partial charge on any atom is 0.330 e. The zero-order valence-electron chi connectivity index (χ0n) is 6.81. The smallest absolute Gasteiger partial charge is 0.330 e. The van der Waals surface area contributed by atoms with Crippen LogP contribution in [0.1, 0.15) is 11.6 Å². The predicted octanol–water partition coefficient (Wildman–Crippen LogP) is 0.558. The molecule has 0 fully saturated rings. The fraction of sp³-hybridized carbons (Fsp3) is 0.111. The molecule has 0 saturated heterocycles. The monoisotopic (exact) mass is 179 g/mol. The van der Waals surface area contributed by atoms with Gasteiger partial charge in [0.25, 0.3) is 0 Å². The van der Waals surface area contributed by atoms with E-state index in [0.717, 1.165) is 0 Å². The number of benzene rings is 1. The molecule has 4 nitrogen and oxygen atoms in total. The fourth-order valence-electron chi connectivity index (χ4n) is 1.02. The van der Waals surface area contributed by atoms with Gasteiger partial charge in [-0.2, -0.15) is 0 Å². The molecule has 0 radical (unpaired) electrons. The lowest BCUT2D eigenvalue weighted by atomic mass is 10.1. The molecule has 0 spiro atoms. The molecule has 68 valence electrons. The summed E-state index contributed by atoms with van der Waals surface area (Å²) in [4.78, 5) is 20.8. The SMILES string of the molecule is O=CN[C@@H](C(=O)O)c1ccccc1. The van der Waals surface area contributed by atoms with E-state index in [0.29, 0.717) is 12.0 Å². The van der Waals surface area contributed by atoms with Gasteiger partial charge < -0.3 is 10.4 Å². The number of carboxylic acids is 1. The van der Waals surface area contributed by atoms with Gasteiger partial charge in [-0.1, -0.05) is 30.3 Å². The molecule has 0 heterocycles. The van der Waals surface area contributed by atoms with Gasteiger partial charge in [0.1, 0.15) is 0 Å². The second kappa shape index (κ2) is 4.25. The van der Waals surface area contributed by atoms with Crippen LogP contribution in [0.25, 0.3) is 0 Å². The normalized spacial score (nSPS) is 11.7. The van der Waals surface area contributed by atoms with Gasteiger partial charge in [0, 0.05) is 0 Å². The van der Waals surface area contributed by atoms with Crippen molar-refractivity contribution in [3.8, 4) is 0 Å². The number of carboxylic acid groups (broad SMARTS) is 1. The third-order valence-corrected chi connectivity index (χ3v) is 1.61. The van der Waals surface area contributed by atoms with Crippen LogP contribution in [0.4, 0.5) is 0 Å². The van der Waals surface area contributed by atoms with E-state index in [9.17, 15) is 9.59 Å². The van der Waals surface area contributed by atoms with Crippen molar-refractivity contribution in [3.63, 3.8) is 0 Å². The molecule has 0 bridgehead atoms. The Bertz CT molecular complexity index is 297. The molecule has 2 N–H and O–H groups in total. The minimum atomic E-state index is -1.07. The number of amides is 1. The summed E-state index contributed by atoms with van der Waals surface area (Å²) in [5.41, 5.74) is 0.558. The molecule has 13 heavy (non-hydrogen) atoms. The van der Waals surface area contributed by atoms with Gasteiger partial charge in [0.05, 0.1) is 0 Å². The maximum absolute atomic E-state index is 10.7. The summed E-state index contributed by atoms with van der Waals surface area (Å²) in [6, 6.07) is 7.56. The van der Waals surface area contributed by atoms with Crippen LogP contribution in [-0.4, -0.2) is 17.5 Å². The van der Waals surface area contributed by atoms with Crippen LogP contribution in [0.5, 0.6) is 0 Å². The lowest BCUT2D eigenvalue weighted by molar-refractivity contribution is -0.140. The molecule has 0 aromatic heterocycles. The first-order valence-corrected chi connectivity index (χ1v) is 3.73. The molecule has 0 saturated carbocycles. The molecule has 0 aliphatic rings. The quantitative estimate of drug-likeness (QED) is 0.663. The van der Waals surface area contributed by atoms with E-state index in [1.807, 2.05) is 0 Å². The molecule has 0 aliphatic carbocycles. The van der Waals surface area contributed by atoms with E-state index in [2.05, 4.69) is 5.32 Å². The van der Waals surface area contributed by atoms with E-state index in [1.54, 1.807) is 30.3 Å². The maximum atomic E-state index is 10.7. The van der Waals surface area contributed by atoms with Gasteiger partial charge in [-0.05, 0) is 5.56 Å². The topological polar surface area (TPSA) is 66.4 Å². The third kappa shape index (κ3) is 2.30. The summed E-state index contributed by atoms with van der Waals surface area (Å²) in [7, 11) is 0. The summed E-state index contributed by atoms with van der Waals surface area (Å²) in [5.74, 6) is -1.07. The number of nitrogens with one attached hydrogen (secondary N) is 1. The minimum Gasteiger partial charge on any atom is -0.479 e. The Hall–Kier alpha value is -1.84. The molecule has 1 amide bonds. The van der Waals surface area contributed by atoms with Crippen molar-refractivity contribution in [2.24, 2.45) is 0 Å². The van der Waals surface area contributed by atoms with E-state index in [1.165, 1.54) is 0 Å². The van der Waals surface area contributed by atoms with Crippen LogP contribution in [0.2, 0.25) is 0 Å². The first-order chi connectivity index (χ1) is 6.25. The number of aliphatic carboxylic acids is 1. The van der Waals surface area contributed by atoms with E-state index < -0.39 is 12.0 Å². The molecular formula is C9H9NO3. The first kappa shape index (κ1) is 9.25. The van der Waals surface area contributed by atoms with Crippen molar-refractivity contribution in [2.75, 3.05) is 0 Å². The molecule has 1 rings (SSSR count). The van der Waals surface area contributed by atoms with Crippen LogP contribution in [0, 0.1) is 0 Å². The predicted molar refractivity (Wildman–Crippen MR) is 46.0 cm³/mol. The van der Waals surface area contributed by atoms with Crippen molar-refractivity contribution >= 4 is 12.4 Å². The molecule has 1 aromatic rings. The van der Waals surface area contributed by atoms with Gasteiger partial charge >= 0.3 is 5.97 Å². The zero-order chi connectivity index (χ0) is 9.68. The van der Waals surface area contributed by atoms with Crippen molar-refractivity contribution in [1.82, 2.24) is 5.32 Å². The third-order valence-electron chi connectivity index (χ3n) is 1.61. The Kier molecular flexibility index (Phi) is 3.03. The highest BCUT2D eigenvalue weighted by molar-refractivity contribution is 5.78. The summed E-state index contributed by atoms with van der Waals surface area (Å²) in [6.07, 6.45) is 0.381. The highest BCUT2D eigenvalue weighted by Crippen LogP contribution is 2.11. The molecule has 1 aromatic carbocycles. The summed E-state index contributed by atoms with van der Waals surface area (Å²) >= 11 is 0. The first-order valence-electron chi connectivity index (χ1n) is 3.73. The Morgan fingerprint density at radius 3 is 2.46 bits per heavy atom. The van der Waals surface area contributed by atoms with Gasteiger partial charge in [-0.3, -0.25) is 4.79 Å². The van der Waals surface area contributed by atoms with Crippen molar-refractivity contribution in [1.29, 1.82) is 0 Å². The van der Waals surface area contributed by atoms with Crippen molar-refractivity contribution in [2.45, 2.75) is 6.04 Å². The number of carbonyl (C=O) groups is 2. The molecule has 1 atom stereocenters. The summed E-state index contributed by atoms with van der Waals surface area (Å²) in [6.45, 7) is 0. The molecule has 0 aliphatic heterocycles. The Morgan fingerprint density at radius 1 is 1.38 bits per heavy atom. The Balaban J connectivity index is 2.88. The second-order valence-corrected chi connectivity index (χ2v) is 2.47. The number of hydrogen-bond acceptors (Lipinski definition) is 2. The number of hydrogen-bond donors (Lipinski definition) is 2. The second-order valence-electron chi connectivity index (χ2n) is 2.47. The van der Waals surface area contributed by atoms with Gasteiger partial charge in [-0.15, -0.1) is 0 Å². The molecule has 0 unspecified atom stereocenters. The lowest BCUT2D eigenvalue weighted by Crippen LogP contribution is -2.27. The largest absolute Gasteiger partial charge is 0.479 e. The van der Waals surface area contributed by atoms with Gasteiger partial charge in [0.15, 0.2) is 6.04 Å². The van der Waals surface area contributed by atoms with Crippen LogP contribution in [0.15, 0.2) is 30.3 Å². The number of carbonyl (C=O) groups excluding carboxylic acids is 1. The van der Waals surface area contributed by atoms with Gasteiger partial charge in [0.2, 0.25) is 6.41 Å². The van der Waals surface area contributed by atoms with Crippen LogP contribution in [0.3, 0.4) is 0 Å². The average molecular weight is 179 g/mol. The average Bonchev–Trinajstić information content (AvgIpc) is 2.15. The van der Waals surface area contributed by atoms with E-state index in [4.69, 9.17) is 5.11 Å². The summed E-state index contributed by atoms with van der Waals surface area (Å²) < 4.78 is 0. The van der Waals surface area contributed by atoms with Crippen LogP contribution >= 0.6 is 0 Å². The van der Waals surface area contributed by atoms with Crippen LogP contribution < -0.4 is 5.32 Å². The van der Waals surface area contributed by atoms with Crippen LogP contribution in [-0.2, 0) is 9.59 Å². The highest BCUT2D eigenvalue weighted by atomic mass is 16.4. The molecular weight excluding hydrogens is 170 g/mol. The van der Waals surface area contributed by atoms with Gasteiger partial charge in [-0.25, -0.2) is 4.79 Å². The fourth-order valence-corrected chi connectivity index (χ4v) is 1.02. The van der Waals surface area contributed by atoms with E-state index >= 15 is 0 Å². The minimum absolute atomic E-state index is 0.381. The standard InChI is InChI=1S/C9H9NO3/c11-6-10-8(9(12)13)7-4-2-1-3-5-7/h1-6,8H,(H,10,11)(H,12,13)/t8-/m1/s1. The Labute approximate surface area is 75.2 Å². The highest BCUT2D eigenvalue weighted by Gasteiger charge is 2.17. The zero-order valence-corrected chi connectivity index (χ0v) is 6.81.